The van der Waals surface area contributed by atoms with Crippen molar-refractivity contribution < 1.29 is 4.79 Å². The largest absolute Gasteiger partial charge is 0.336 e. The third-order valence-electron chi connectivity index (χ3n) is 3.03. The molecule has 2 N–H and O–H groups in total. The third kappa shape index (κ3) is 3.18. The molecular formula is C11H23N3O. The fourth-order valence-corrected chi connectivity index (χ4v) is 2.11. The van der Waals surface area contributed by atoms with Crippen LogP contribution in [0.15, 0.2) is 0 Å². The Morgan fingerprint density at radius 3 is 2.73 bits per heavy atom. The van der Waals surface area contributed by atoms with E-state index in [-0.39, 0.29) is 11.9 Å². The van der Waals surface area contributed by atoms with Gasteiger partial charge < -0.3 is 15.5 Å². The molecule has 15 heavy (non-hydrogen) atoms. The molecule has 0 aromatic rings. The van der Waals surface area contributed by atoms with Gasteiger partial charge in [-0.3, -0.25) is 4.79 Å². The molecule has 1 aliphatic heterocycles. The van der Waals surface area contributed by atoms with Gasteiger partial charge in [0.05, 0.1) is 6.04 Å². The molecule has 0 saturated carbocycles. The van der Waals surface area contributed by atoms with Gasteiger partial charge in [-0.25, -0.2) is 0 Å². The Morgan fingerprint density at radius 1 is 1.53 bits per heavy atom. The Hall–Kier alpha value is -0.610. The SMILES string of the molecule is CCC[C@H](N)C(=O)N1CCN(C)CC1C. The highest BCUT2D eigenvalue weighted by Crippen LogP contribution is 2.10. The number of carbonyl (C=O) groups is 1. The lowest BCUT2D eigenvalue weighted by atomic mass is 10.1. The fraction of sp³-hybridized carbons (Fsp3) is 0.909. The van der Waals surface area contributed by atoms with E-state index >= 15 is 0 Å². The topological polar surface area (TPSA) is 49.6 Å². The van der Waals surface area contributed by atoms with Crippen LogP contribution in [0.3, 0.4) is 0 Å². The highest BCUT2D eigenvalue weighted by Gasteiger charge is 2.28. The van der Waals surface area contributed by atoms with Gasteiger partial charge in [-0.1, -0.05) is 13.3 Å². The Balaban J connectivity index is 2.52. The fourth-order valence-electron chi connectivity index (χ4n) is 2.11. The van der Waals surface area contributed by atoms with Crippen LogP contribution in [0.25, 0.3) is 0 Å². The van der Waals surface area contributed by atoms with Crippen molar-refractivity contribution >= 4 is 5.91 Å². The minimum Gasteiger partial charge on any atom is -0.336 e. The van der Waals surface area contributed by atoms with Gasteiger partial charge in [0.25, 0.3) is 0 Å². The van der Waals surface area contributed by atoms with Crippen molar-refractivity contribution in [3.05, 3.63) is 0 Å². The van der Waals surface area contributed by atoms with Crippen LogP contribution >= 0.6 is 0 Å². The molecule has 1 saturated heterocycles. The molecule has 2 atom stereocenters. The quantitative estimate of drug-likeness (QED) is 0.732. The molecule has 1 heterocycles. The first kappa shape index (κ1) is 12.5. The van der Waals surface area contributed by atoms with Crippen LogP contribution in [0.5, 0.6) is 0 Å². The van der Waals surface area contributed by atoms with Crippen LogP contribution in [-0.4, -0.2) is 54.5 Å². The van der Waals surface area contributed by atoms with E-state index in [0.717, 1.165) is 32.5 Å². The van der Waals surface area contributed by atoms with Crippen LogP contribution in [0.2, 0.25) is 0 Å². The molecule has 4 heteroatoms. The number of amides is 1. The molecule has 0 spiro atoms. The van der Waals surface area contributed by atoms with Gasteiger partial charge in [0.1, 0.15) is 0 Å². The molecule has 4 nitrogen and oxygen atoms in total. The molecule has 0 radical (unpaired) electrons. The van der Waals surface area contributed by atoms with Crippen LogP contribution in [0.4, 0.5) is 0 Å². The van der Waals surface area contributed by atoms with Gasteiger partial charge in [0, 0.05) is 25.7 Å². The van der Waals surface area contributed by atoms with E-state index < -0.39 is 0 Å². The van der Waals surface area contributed by atoms with Crippen LogP contribution in [-0.2, 0) is 4.79 Å². The minimum atomic E-state index is -0.305. The predicted octanol–water partition coefficient (Wildman–Crippen LogP) is 0.276. The summed E-state index contributed by atoms with van der Waals surface area (Å²) in [4.78, 5) is 16.2. The Labute approximate surface area is 92.4 Å². The van der Waals surface area contributed by atoms with Gasteiger partial charge in [-0.05, 0) is 20.4 Å². The zero-order chi connectivity index (χ0) is 11.4. The van der Waals surface area contributed by atoms with Crippen LogP contribution < -0.4 is 5.73 Å². The summed E-state index contributed by atoms with van der Waals surface area (Å²) in [5.74, 6) is 0.123. The number of hydrogen-bond donors (Lipinski definition) is 1. The van der Waals surface area contributed by atoms with Crippen molar-refractivity contribution in [1.82, 2.24) is 9.80 Å². The summed E-state index contributed by atoms with van der Waals surface area (Å²) in [5.41, 5.74) is 5.85. The zero-order valence-electron chi connectivity index (χ0n) is 10.1. The standard InChI is InChI=1S/C11H23N3O/c1-4-5-10(12)11(15)14-7-6-13(3)8-9(14)2/h9-10H,4-8,12H2,1-3H3/t9?,10-/m0/s1. The van der Waals surface area contributed by atoms with Gasteiger partial charge in [-0.2, -0.15) is 0 Å². The number of rotatable bonds is 3. The third-order valence-corrected chi connectivity index (χ3v) is 3.03. The van der Waals surface area contributed by atoms with E-state index in [1.165, 1.54) is 0 Å². The van der Waals surface area contributed by atoms with Gasteiger partial charge >= 0.3 is 0 Å². The maximum atomic E-state index is 12.0. The maximum Gasteiger partial charge on any atom is 0.239 e. The smallest absolute Gasteiger partial charge is 0.239 e. The first-order chi connectivity index (χ1) is 7.06. The lowest BCUT2D eigenvalue weighted by Crippen LogP contribution is -2.56. The molecule has 88 valence electrons. The van der Waals surface area contributed by atoms with E-state index in [4.69, 9.17) is 5.73 Å². The van der Waals surface area contributed by atoms with Crippen molar-refractivity contribution in [2.24, 2.45) is 5.73 Å². The van der Waals surface area contributed by atoms with E-state index in [2.05, 4.69) is 25.8 Å². The second kappa shape index (κ2) is 5.47. The molecule has 0 aromatic heterocycles. The Kier molecular flexibility index (Phi) is 4.54. The van der Waals surface area contributed by atoms with Crippen LogP contribution in [0.1, 0.15) is 26.7 Å². The summed E-state index contributed by atoms with van der Waals surface area (Å²) >= 11 is 0. The van der Waals surface area contributed by atoms with Gasteiger partial charge in [0.15, 0.2) is 0 Å². The van der Waals surface area contributed by atoms with Crippen LogP contribution in [0, 0.1) is 0 Å². The zero-order valence-corrected chi connectivity index (χ0v) is 10.1. The average molecular weight is 213 g/mol. The molecule has 1 rings (SSSR count). The Morgan fingerprint density at radius 2 is 2.20 bits per heavy atom. The number of likely N-dealkylation sites (N-methyl/N-ethyl adjacent to an activating group) is 1. The molecule has 0 aliphatic carbocycles. The second-order valence-corrected chi connectivity index (χ2v) is 4.54. The first-order valence-electron chi connectivity index (χ1n) is 5.80. The summed E-state index contributed by atoms with van der Waals surface area (Å²) < 4.78 is 0. The number of nitrogens with two attached hydrogens (primary N) is 1. The molecule has 0 bridgehead atoms. The van der Waals surface area contributed by atoms with E-state index in [1.807, 2.05) is 4.90 Å². The number of piperazine rings is 1. The molecular weight excluding hydrogens is 190 g/mol. The first-order valence-corrected chi connectivity index (χ1v) is 5.80. The highest BCUT2D eigenvalue weighted by atomic mass is 16.2. The van der Waals surface area contributed by atoms with Crippen molar-refractivity contribution in [1.29, 1.82) is 0 Å². The summed E-state index contributed by atoms with van der Waals surface area (Å²) in [6.45, 7) is 6.86. The second-order valence-electron chi connectivity index (χ2n) is 4.54. The number of hydrogen-bond acceptors (Lipinski definition) is 3. The highest BCUT2D eigenvalue weighted by molar-refractivity contribution is 5.82. The van der Waals surface area contributed by atoms with Gasteiger partial charge in [0.2, 0.25) is 5.91 Å². The predicted molar refractivity (Wildman–Crippen MR) is 61.6 cm³/mol. The Bertz CT molecular complexity index is 220. The monoisotopic (exact) mass is 213 g/mol. The normalized spacial score (nSPS) is 25.3. The van der Waals surface area contributed by atoms with E-state index in [0.29, 0.717) is 6.04 Å². The average Bonchev–Trinajstić information content (AvgIpc) is 2.17. The van der Waals surface area contributed by atoms with Crippen molar-refractivity contribution in [2.45, 2.75) is 38.8 Å². The maximum absolute atomic E-state index is 12.0. The summed E-state index contributed by atoms with van der Waals surface area (Å²) in [5, 5.41) is 0. The molecule has 1 unspecified atom stereocenters. The van der Waals surface area contributed by atoms with E-state index in [9.17, 15) is 4.79 Å². The molecule has 0 aromatic carbocycles. The van der Waals surface area contributed by atoms with Crippen molar-refractivity contribution in [3.63, 3.8) is 0 Å². The van der Waals surface area contributed by atoms with Gasteiger partial charge in [-0.15, -0.1) is 0 Å². The molecule has 1 aliphatic rings. The minimum absolute atomic E-state index is 0.123. The number of carbonyl (C=O) groups excluding carboxylic acids is 1. The molecule has 1 fully saturated rings. The van der Waals surface area contributed by atoms with Crippen molar-refractivity contribution in [2.75, 3.05) is 26.7 Å². The molecule has 1 amide bonds. The summed E-state index contributed by atoms with van der Waals surface area (Å²) in [6, 6.07) is -0.0139. The number of nitrogens with zero attached hydrogens (tertiary/aromatic N) is 2. The van der Waals surface area contributed by atoms with Crippen molar-refractivity contribution in [3.8, 4) is 0 Å². The lowest BCUT2D eigenvalue weighted by Gasteiger charge is -2.39. The summed E-state index contributed by atoms with van der Waals surface area (Å²) in [7, 11) is 2.09. The van der Waals surface area contributed by atoms with E-state index in [1.54, 1.807) is 0 Å². The lowest BCUT2D eigenvalue weighted by molar-refractivity contribution is -0.137. The summed E-state index contributed by atoms with van der Waals surface area (Å²) in [6.07, 6.45) is 1.76.